The van der Waals surface area contributed by atoms with E-state index in [2.05, 4.69) is 24.3 Å². The van der Waals surface area contributed by atoms with Crippen LogP contribution in [0.5, 0.6) is 0 Å². The van der Waals surface area contributed by atoms with E-state index in [0.717, 1.165) is 28.1 Å². The lowest BCUT2D eigenvalue weighted by Crippen LogP contribution is -2.50. The van der Waals surface area contributed by atoms with Crippen molar-refractivity contribution in [1.82, 2.24) is 0 Å². The van der Waals surface area contributed by atoms with Gasteiger partial charge >= 0.3 is 0 Å². The Bertz CT molecular complexity index is 1100. The molecule has 5 rings (SSSR count). The van der Waals surface area contributed by atoms with E-state index in [0.29, 0.717) is 25.7 Å². The van der Waals surface area contributed by atoms with Crippen molar-refractivity contribution < 1.29 is 13.5 Å². The van der Waals surface area contributed by atoms with E-state index in [4.69, 9.17) is 0 Å². The van der Waals surface area contributed by atoms with Gasteiger partial charge in [0.25, 0.3) is 0 Å². The van der Waals surface area contributed by atoms with Crippen LogP contribution in [0.25, 0.3) is 21.5 Å². The van der Waals surface area contributed by atoms with Crippen LogP contribution in [0.3, 0.4) is 0 Å². The number of hydrogen-bond donors (Lipinski definition) is 1. The average Bonchev–Trinajstić information content (AvgIpc) is 2.62. The Balaban J connectivity index is 1.76. The molecular formula is C22H22O3S. The molecule has 2 unspecified atom stereocenters. The molecule has 0 spiro atoms. The zero-order valence-corrected chi connectivity index (χ0v) is 15.4. The fourth-order valence-corrected chi connectivity index (χ4v) is 7.66. The van der Waals surface area contributed by atoms with E-state index < -0.39 is 25.9 Å². The van der Waals surface area contributed by atoms with Gasteiger partial charge < -0.3 is 5.11 Å². The van der Waals surface area contributed by atoms with Gasteiger partial charge in [-0.1, -0.05) is 55.0 Å². The van der Waals surface area contributed by atoms with Crippen molar-refractivity contribution >= 4 is 31.4 Å². The zero-order chi connectivity index (χ0) is 17.9. The van der Waals surface area contributed by atoms with Crippen LogP contribution in [0.4, 0.5) is 0 Å². The third kappa shape index (κ3) is 2.25. The number of aliphatic hydroxyl groups is 1. The first-order chi connectivity index (χ1) is 12.5. The summed E-state index contributed by atoms with van der Waals surface area (Å²) in [6.07, 6.45) is 2.92. The van der Waals surface area contributed by atoms with Gasteiger partial charge in [-0.25, -0.2) is 8.42 Å². The molecule has 2 saturated heterocycles. The summed E-state index contributed by atoms with van der Waals surface area (Å²) in [5.41, 5.74) is -0.191. The highest BCUT2D eigenvalue weighted by atomic mass is 32.2. The molecular weight excluding hydrogens is 344 g/mol. The van der Waals surface area contributed by atoms with E-state index in [1.807, 2.05) is 30.3 Å². The maximum Gasteiger partial charge on any atom is 0.156 e. The third-order valence-electron chi connectivity index (χ3n) is 6.38. The molecule has 26 heavy (non-hydrogen) atoms. The van der Waals surface area contributed by atoms with Gasteiger partial charge in [-0.05, 0) is 58.9 Å². The van der Waals surface area contributed by atoms with Crippen molar-refractivity contribution in [2.24, 2.45) is 0 Å². The lowest BCUT2D eigenvalue weighted by molar-refractivity contribution is 0.00650. The summed E-state index contributed by atoms with van der Waals surface area (Å²) in [5.74, 6) is 0. The Morgan fingerprint density at radius 3 is 2.12 bits per heavy atom. The van der Waals surface area contributed by atoms with Gasteiger partial charge in [0.1, 0.15) is 0 Å². The molecule has 0 saturated carbocycles. The first kappa shape index (κ1) is 16.3. The molecule has 3 aromatic carbocycles. The predicted octanol–water partition coefficient (Wildman–Crippen LogP) is 4.31. The Morgan fingerprint density at radius 1 is 0.846 bits per heavy atom. The molecule has 0 aromatic heterocycles. The molecule has 0 radical (unpaired) electrons. The van der Waals surface area contributed by atoms with Crippen LogP contribution in [0.1, 0.15) is 37.7 Å². The molecule has 2 aliphatic rings. The minimum Gasteiger partial charge on any atom is -0.385 e. The summed E-state index contributed by atoms with van der Waals surface area (Å²) in [7, 11) is -3.10. The van der Waals surface area contributed by atoms with Crippen LogP contribution in [-0.2, 0) is 15.4 Å². The molecule has 2 atom stereocenters. The standard InChI is InChI=1S/C22H22O3S/c23-22(13-16-7-5-8-17(14-22)26(16,24)25)21-12-15-6-1-2-9-18(15)19-10-3-4-11-20(19)21/h1-4,6,9-12,16-17,23H,5,7-8,13-14H2. The second kappa shape index (κ2) is 5.54. The average molecular weight is 366 g/mol. The van der Waals surface area contributed by atoms with Crippen LogP contribution >= 0.6 is 0 Å². The number of hydrogen-bond acceptors (Lipinski definition) is 3. The van der Waals surface area contributed by atoms with Gasteiger partial charge in [-0.3, -0.25) is 0 Å². The smallest absolute Gasteiger partial charge is 0.156 e. The molecule has 3 aromatic rings. The quantitative estimate of drug-likeness (QED) is 0.653. The molecule has 1 N–H and O–H groups in total. The molecule has 2 bridgehead atoms. The summed E-state index contributed by atoms with van der Waals surface area (Å²) in [6.45, 7) is 0. The lowest BCUT2D eigenvalue weighted by atomic mass is 9.78. The highest BCUT2D eigenvalue weighted by molar-refractivity contribution is 7.92. The number of sulfone groups is 1. The fourth-order valence-electron chi connectivity index (χ4n) is 5.11. The van der Waals surface area contributed by atoms with Crippen molar-refractivity contribution in [1.29, 1.82) is 0 Å². The Labute approximate surface area is 153 Å². The van der Waals surface area contributed by atoms with Gasteiger partial charge in [0.2, 0.25) is 0 Å². The zero-order valence-electron chi connectivity index (χ0n) is 14.6. The normalized spacial score (nSPS) is 30.5. The maximum atomic E-state index is 12.7. The van der Waals surface area contributed by atoms with Crippen molar-refractivity contribution in [2.75, 3.05) is 0 Å². The molecule has 0 amide bonds. The first-order valence-electron chi connectivity index (χ1n) is 9.35. The van der Waals surface area contributed by atoms with E-state index in [9.17, 15) is 13.5 Å². The largest absolute Gasteiger partial charge is 0.385 e. The van der Waals surface area contributed by atoms with Gasteiger partial charge in [-0.2, -0.15) is 0 Å². The number of rotatable bonds is 1. The topological polar surface area (TPSA) is 54.4 Å². The highest BCUT2D eigenvalue weighted by Gasteiger charge is 2.51. The molecule has 2 heterocycles. The van der Waals surface area contributed by atoms with Gasteiger partial charge in [-0.15, -0.1) is 0 Å². The number of fused-ring (bicyclic) bond motifs is 5. The Hall–Kier alpha value is -1.91. The van der Waals surface area contributed by atoms with Crippen molar-refractivity contribution in [3.05, 3.63) is 60.2 Å². The van der Waals surface area contributed by atoms with E-state index in [1.165, 1.54) is 5.39 Å². The molecule has 2 fully saturated rings. The molecule has 0 aliphatic carbocycles. The predicted molar refractivity (Wildman–Crippen MR) is 105 cm³/mol. The molecule has 134 valence electrons. The summed E-state index contributed by atoms with van der Waals surface area (Å²) in [4.78, 5) is 0. The number of benzene rings is 3. The Kier molecular flexibility index (Phi) is 3.47. The first-order valence-corrected chi connectivity index (χ1v) is 11.0. The highest BCUT2D eigenvalue weighted by Crippen LogP contribution is 2.48. The van der Waals surface area contributed by atoms with E-state index in [1.54, 1.807) is 0 Å². The molecule has 2 aliphatic heterocycles. The van der Waals surface area contributed by atoms with Crippen LogP contribution in [0.2, 0.25) is 0 Å². The molecule has 3 nitrogen and oxygen atoms in total. The monoisotopic (exact) mass is 366 g/mol. The van der Waals surface area contributed by atoms with Crippen molar-refractivity contribution in [2.45, 2.75) is 48.2 Å². The van der Waals surface area contributed by atoms with E-state index in [-0.39, 0.29) is 0 Å². The van der Waals surface area contributed by atoms with E-state index >= 15 is 0 Å². The second-order valence-corrected chi connectivity index (χ2v) is 10.4. The summed E-state index contributed by atoms with van der Waals surface area (Å²) >= 11 is 0. The maximum absolute atomic E-state index is 12.7. The van der Waals surface area contributed by atoms with Crippen molar-refractivity contribution in [3.63, 3.8) is 0 Å². The van der Waals surface area contributed by atoms with Gasteiger partial charge in [0, 0.05) is 0 Å². The fraction of sp³-hybridized carbons (Fsp3) is 0.364. The summed E-state index contributed by atoms with van der Waals surface area (Å²) in [5, 5.41) is 15.3. The van der Waals surface area contributed by atoms with Crippen LogP contribution in [0.15, 0.2) is 54.6 Å². The summed E-state index contributed by atoms with van der Waals surface area (Å²) < 4.78 is 25.4. The van der Waals surface area contributed by atoms with Gasteiger partial charge in [0.15, 0.2) is 9.84 Å². The molecule has 4 heteroatoms. The SMILES string of the molecule is O=S1(=O)C2CCCC1CC(O)(c1cc3ccccc3c3ccccc13)C2. The van der Waals surface area contributed by atoms with Crippen LogP contribution in [-0.4, -0.2) is 24.0 Å². The van der Waals surface area contributed by atoms with Crippen LogP contribution < -0.4 is 0 Å². The third-order valence-corrected chi connectivity index (χ3v) is 9.04. The second-order valence-electron chi connectivity index (χ2n) is 7.89. The Morgan fingerprint density at radius 2 is 1.42 bits per heavy atom. The minimum atomic E-state index is -3.10. The summed E-state index contributed by atoms with van der Waals surface area (Å²) in [6, 6.07) is 18.4. The minimum absolute atomic E-state index is 0.314. The van der Waals surface area contributed by atoms with Crippen LogP contribution in [0, 0.1) is 0 Å². The lowest BCUT2D eigenvalue weighted by Gasteiger charge is -2.44. The van der Waals surface area contributed by atoms with Gasteiger partial charge in [0.05, 0.1) is 16.1 Å². The van der Waals surface area contributed by atoms with Crippen molar-refractivity contribution in [3.8, 4) is 0 Å².